The summed E-state index contributed by atoms with van der Waals surface area (Å²) in [6.07, 6.45) is 1.61. The van der Waals surface area contributed by atoms with E-state index in [2.05, 4.69) is 19.2 Å². The molecule has 2 aromatic carbocycles. The van der Waals surface area contributed by atoms with Crippen LogP contribution in [0, 0.1) is 5.92 Å². The third kappa shape index (κ3) is 7.05. The van der Waals surface area contributed by atoms with Gasteiger partial charge < -0.3 is 29.9 Å². The Bertz CT molecular complexity index is 1380. The largest absolute Gasteiger partial charge is 0.493 e. The molecule has 40 heavy (non-hydrogen) atoms. The number of aromatic carboxylic acids is 1. The number of carboxylic acids is 2. The average molecular weight is 587 g/mol. The molecule has 3 aromatic rings. The summed E-state index contributed by atoms with van der Waals surface area (Å²) in [6.45, 7) is 5.23. The third-order valence-corrected chi connectivity index (χ3v) is 8.33. The van der Waals surface area contributed by atoms with Gasteiger partial charge in [-0.25, -0.2) is 14.4 Å². The number of ether oxygens (including phenoxy) is 2. The molecule has 0 radical (unpaired) electrons. The number of thiophene rings is 1. The Hall–Kier alpha value is -3.76. The van der Waals surface area contributed by atoms with E-state index in [9.17, 15) is 19.5 Å². The monoisotopic (exact) mass is 586 g/mol. The van der Waals surface area contributed by atoms with E-state index in [0.29, 0.717) is 41.8 Å². The minimum Gasteiger partial charge on any atom is -0.493 e. The molecule has 2 heterocycles. The van der Waals surface area contributed by atoms with E-state index in [-0.39, 0.29) is 27.6 Å². The number of urea groups is 1. The maximum atomic E-state index is 12.9. The van der Waals surface area contributed by atoms with Gasteiger partial charge in [0.25, 0.3) is 0 Å². The molecule has 11 heteroatoms. The Morgan fingerprint density at radius 2 is 1.80 bits per heavy atom. The first-order valence-electron chi connectivity index (χ1n) is 12.9. The van der Waals surface area contributed by atoms with Crippen molar-refractivity contribution in [2.45, 2.75) is 32.6 Å². The molecule has 4 rings (SSSR count). The Labute approximate surface area is 241 Å². The maximum Gasteiger partial charge on any atom is 0.349 e. The highest BCUT2D eigenvalue weighted by molar-refractivity contribution is 7.18. The van der Waals surface area contributed by atoms with Gasteiger partial charge in [-0.05, 0) is 54.0 Å². The van der Waals surface area contributed by atoms with E-state index < -0.39 is 18.5 Å². The van der Waals surface area contributed by atoms with Gasteiger partial charge in [-0.15, -0.1) is 11.3 Å². The van der Waals surface area contributed by atoms with Crippen LogP contribution < -0.4 is 14.8 Å². The van der Waals surface area contributed by atoms with E-state index in [1.165, 1.54) is 0 Å². The van der Waals surface area contributed by atoms with Gasteiger partial charge in [0, 0.05) is 18.8 Å². The number of hydrogen-bond donors (Lipinski definition) is 3. The molecule has 2 amide bonds. The van der Waals surface area contributed by atoms with Crippen LogP contribution in [0.15, 0.2) is 48.5 Å². The van der Waals surface area contributed by atoms with Gasteiger partial charge in [0.2, 0.25) is 0 Å². The van der Waals surface area contributed by atoms with Crippen LogP contribution in [-0.4, -0.2) is 59.4 Å². The van der Waals surface area contributed by atoms with E-state index >= 15 is 0 Å². The highest BCUT2D eigenvalue weighted by atomic mass is 35.5. The van der Waals surface area contributed by atoms with E-state index in [4.69, 9.17) is 26.2 Å². The smallest absolute Gasteiger partial charge is 0.349 e. The van der Waals surface area contributed by atoms with Crippen molar-refractivity contribution in [2.75, 3.05) is 31.6 Å². The number of benzene rings is 2. The lowest BCUT2D eigenvalue weighted by Gasteiger charge is -2.32. The van der Waals surface area contributed by atoms with E-state index in [1.54, 1.807) is 24.3 Å². The molecule has 0 spiro atoms. The molecular formula is C29H31ClN2O7S. The second kappa shape index (κ2) is 13.1. The lowest BCUT2D eigenvalue weighted by Crippen LogP contribution is -2.42. The third-order valence-electron chi connectivity index (χ3n) is 6.65. The zero-order chi connectivity index (χ0) is 28.8. The number of hydrogen-bond acceptors (Lipinski definition) is 6. The standard InChI is InChI=1S/C29H31ClN2O7S/c1-17(2)21-8-3-4-9-22(21)31-29(37)32-12-10-18(11-13-32)15-38-20-7-5-6-19(14-20)26-24(30)25(39-16-23(33)34)27(40-26)28(35)36/h3-9,14,17-18H,10-13,15-16H2,1-2H3,(H,31,37)(H,33,34)(H,35,36). The van der Waals surface area contributed by atoms with Gasteiger partial charge in [-0.3, -0.25) is 0 Å². The minimum absolute atomic E-state index is 0.0440. The van der Waals surface area contributed by atoms with E-state index in [1.807, 2.05) is 29.2 Å². The van der Waals surface area contributed by atoms with Gasteiger partial charge in [-0.1, -0.05) is 55.8 Å². The molecule has 212 valence electrons. The van der Waals surface area contributed by atoms with Crippen molar-refractivity contribution in [3.8, 4) is 21.9 Å². The Balaban J connectivity index is 1.34. The Morgan fingerprint density at radius 3 is 2.48 bits per heavy atom. The molecule has 0 saturated carbocycles. The van der Waals surface area contributed by atoms with Crippen molar-refractivity contribution in [1.82, 2.24) is 4.90 Å². The molecule has 1 aliphatic rings. The van der Waals surface area contributed by atoms with Gasteiger partial charge in [0.15, 0.2) is 17.2 Å². The highest BCUT2D eigenvalue weighted by Gasteiger charge is 2.26. The van der Waals surface area contributed by atoms with Gasteiger partial charge >= 0.3 is 18.0 Å². The first-order chi connectivity index (χ1) is 19.1. The number of anilines is 1. The summed E-state index contributed by atoms with van der Waals surface area (Å²) in [5.41, 5.74) is 2.58. The summed E-state index contributed by atoms with van der Waals surface area (Å²) >= 11 is 7.32. The van der Waals surface area contributed by atoms with Crippen LogP contribution in [-0.2, 0) is 4.79 Å². The quantitative estimate of drug-likeness (QED) is 0.242. The molecule has 1 aliphatic heterocycles. The number of carbonyl (C=O) groups excluding carboxylic acids is 1. The Morgan fingerprint density at radius 1 is 1.07 bits per heavy atom. The Kier molecular flexibility index (Phi) is 9.54. The zero-order valence-corrected chi connectivity index (χ0v) is 23.8. The van der Waals surface area contributed by atoms with Crippen LogP contribution in [0.3, 0.4) is 0 Å². The number of rotatable bonds is 10. The highest BCUT2D eigenvalue weighted by Crippen LogP contribution is 2.46. The van der Waals surface area contributed by atoms with Crippen molar-refractivity contribution in [3.63, 3.8) is 0 Å². The first-order valence-corrected chi connectivity index (χ1v) is 14.1. The number of amides is 2. The van der Waals surface area contributed by atoms with Crippen LogP contribution in [0.5, 0.6) is 11.5 Å². The maximum absolute atomic E-state index is 12.9. The fourth-order valence-electron chi connectivity index (χ4n) is 4.54. The number of aliphatic carboxylic acids is 1. The first kappa shape index (κ1) is 29.2. The molecule has 0 bridgehead atoms. The number of piperidine rings is 1. The van der Waals surface area contributed by atoms with Gasteiger partial charge in [0.05, 0.1) is 11.5 Å². The predicted molar refractivity (Wildman–Crippen MR) is 154 cm³/mol. The summed E-state index contributed by atoms with van der Waals surface area (Å²) < 4.78 is 11.2. The predicted octanol–water partition coefficient (Wildman–Crippen LogP) is 6.68. The van der Waals surface area contributed by atoms with Crippen molar-refractivity contribution >= 4 is 46.6 Å². The fourth-order valence-corrected chi connectivity index (χ4v) is 5.94. The number of likely N-dealkylation sites (tertiary alicyclic amines) is 1. The molecule has 0 aliphatic carbocycles. The summed E-state index contributed by atoms with van der Waals surface area (Å²) in [5.74, 6) is -1.48. The van der Waals surface area contributed by atoms with Crippen molar-refractivity contribution in [3.05, 3.63) is 64.0 Å². The lowest BCUT2D eigenvalue weighted by molar-refractivity contribution is -0.139. The summed E-state index contributed by atoms with van der Waals surface area (Å²) in [6, 6.07) is 14.9. The normalized spacial score (nSPS) is 13.8. The van der Waals surface area contributed by atoms with Crippen molar-refractivity contribution in [2.24, 2.45) is 5.92 Å². The van der Waals surface area contributed by atoms with Gasteiger partial charge in [-0.2, -0.15) is 0 Å². The molecule has 3 N–H and O–H groups in total. The minimum atomic E-state index is -1.25. The number of nitrogens with one attached hydrogen (secondary N) is 1. The summed E-state index contributed by atoms with van der Waals surface area (Å²) in [7, 11) is 0. The van der Waals surface area contributed by atoms with Crippen LogP contribution in [0.2, 0.25) is 5.02 Å². The molecule has 1 fully saturated rings. The van der Waals surface area contributed by atoms with Crippen molar-refractivity contribution in [1.29, 1.82) is 0 Å². The molecule has 1 aromatic heterocycles. The second-order valence-electron chi connectivity index (χ2n) is 9.83. The second-order valence-corrected chi connectivity index (χ2v) is 11.2. The fraction of sp³-hybridized carbons (Fsp3) is 0.345. The SMILES string of the molecule is CC(C)c1ccccc1NC(=O)N1CCC(COc2cccc(-c3sc(C(=O)O)c(OCC(=O)O)c3Cl)c2)CC1. The number of nitrogens with zero attached hydrogens (tertiary/aromatic N) is 1. The molecule has 9 nitrogen and oxygen atoms in total. The van der Waals surface area contributed by atoms with Crippen molar-refractivity contribution < 1.29 is 34.1 Å². The molecule has 0 unspecified atom stereocenters. The van der Waals surface area contributed by atoms with Crippen LogP contribution in [0.25, 0.3) is 10.4 Å². The van der Waals surface area contributed by atoms with Crippen LogP contribution in [0.1, 0.15) is 47.8 Å². The number of halogens is 1. The topological polar surface area (TPSA) is 125 Å². The average Bonchev–Trinajstić information content (AvgIpc) is 3.27. The molecular weight excluding hydrogens is 556 g/mol. The molecule has 0 atom stereocenters. The van der Waals surface area contributed by atoms with Crippen LogP contribution >= 0.6 is 22.9 Å². The number of carboxylic acid groups (broad SMARTS) is 2. The summed E-state index contributed by atoms with van der Waals surface area (Å²) in [5, 5.41) is 21.5. The lowest BCUT2D eigenvalue weighted by atomic mass is 9.98. The van der Waals surface area contributed by atoms with Gasteiger partial charge in [0.1, 0.15) is 10.8 Å². The zero-order valence-electron chi connectivity index (χ0n) is 22.2. The number of para-hydroxylation sites is 1. The van der Waals surface area contributed by atoms with E-state index in [0.717, 1.165) is 35.4 Å². The van der Waals surface area contributed by atoms with Crippen LogP contribution in [0.4, 0.5) is 10.5 Å². The number of carbonyl (C=O) groups is 3. The summed E-state index contributed by atoms with van der Waals surface area (Å²) in [4.78, 5) is 37.6. The molecule has 1 saturated heterocycles.